The highest BCUT2D eigenvalue weighted by Crippen LogP contribution is 2.28. The molecule has 0 atom stereocenters. The highest BCUT2D eigenvalue weighted by atomic mass is 35.5. The van der Waals surface area contributed by atoms with Crippen molar-refractivity contribution in [3.8, 4) is 0 Å². The number of hydrogen-bond acceptors (Lipinski definition) is 4. The second-order valence-corrected chi connectivity index (χ2v) is 9.57. The third kappa shape index (κ3) is 4.70. The van der Waals surface area contributed by atoms with E-state index in [-0.39, 0.29) is 40.5 Å². The number of benzene rings is 2. The lowest BCUT2D eigenvalue weighted by Gasteiger charge is -2.29. The van der Waals surface area contributed by atoms with Crippen molar-refractivity contribution in [2.75, 3.05) is 13.1 Å². The summed E-state index contributed by atoms with van der Waals surface area (Å²) in [5.74, 6) is -0.822. The second kappa shape index (κ2) is 9.16. The van der Waals surface area contributed by atoms with Crippen LogP contribution in [0.2, 0.25) is 5.02 Å². The molecule has 0 aliphatic carbocycles. The normalized spacial score (nSPS) is 17.8. The summed E-state index contributed by atoms with van der Waals surface area (Å²) in [6.45, 7) is -0.285. The van der Waals surface area contributed by atoms with E-state index in [1.807, 2.05) is 0 Å². The first-order chi connectivity index (χ1) is 15.3. The number of ketones is 1. The summed E-state index contributed by atoms with van der Waals surface area (Å²) in [5.41, 5.74) is 1.38. The van der Waals surface area contributed by atoms with Gasteiger partial charge in [-0.15, -0.1) is 0 Å². The monoisotopic (exact) mass is 468 g/mol. The average molecular weight is 469 g/mol. The van der Waals surface area contributed by atoms with Crippen molar-refractivity contribution in [2.24, 2.45) is 0 Å². The summed E-state index contributed by atoms with van der Waals surface area (Å²) in [7, 11) is -3.93. The second-order valence-electron chi connectivity index (χ2n) is 7.20. The summed E-state index contributed by atoms with van der Waals surface area (Å²) in [4.78, 5) is 17.2. The minimum Gasteiger partial charge on any atom is -0.289 e. The van der Waals surface area contributed by atoms with Crippen LogP contribution in [-0.2, 0) is 14.8 Å². The Labute approximate surface area is 190 Å². The number of Topliss-reactive ketones (excluding diaryl/α,β-unsaturated/α-hetero) is 1. The van der Waals surface area contributed by atoms with E-state index in [2.05, 4.69) is 4.98 Å². The molecule has 1 fully saturated rings. The van der Waals surface area contributed by atoms with Gasteiger partial charge in [-0.2, -0.15) is 4.31 Å². The van der Waals surface area contributed by atoms with Gasteiger partial charge in [-0.05, 0) is 60.2 Å². The number of sulfonamides is 1. The average Bonchev–Trinajstić information content (AvgIpc) is 2.79. The molecule has 4 rings (SSSR count). The molecule has 8 heteroatoms. The van der Waals surface area contributed by atoms with Crippen molar-refractivity contribution in [2.45, 2.75) is 4.90 Å². The third-order valence-corrected chi connectivity index (χ3v) is 7.07. The van der Waals surface area contributed by atoms with Crippen molar-refractivity contribution in [1.29, 1.82) is 0 Å². The van der Waals surface area contributed by atoms with Gasteiger partial charge in [0, 0.05) is 47.2 Å². The Hall–Kier alpha value is -3.13. The molecule has 0 saturated carbocycles. The molecule has 0 bridgehead atoms. The molecular weight excluding hydrogens is 451 g/mol. The summed E-state index contributed by atoms with van der Waals surface area (Å²) in [6, 6.07) is 15.3. The van der Waals surface area contributed by atoms with Gasteiger partial charge in [0.15, 0.2) is 5.78 Å². The zero-order chi connectivity index (χ0) is 22.7. The molecule has 0 amide bonds. The van der Waals surface area contributed by atoms with E-state index in [1.54, 1.807) is 42.7 Å². The quantitative estimate of drug-likeness (QED) is 0.524. The number of carbonyl (C=O) groups is 1. The lowest BCUT2D eigenvalue weighted by molar-refractivity contribution is -0.113. The Morgan fingerprint density at radius 3 is 2.19 bits per heavy atom. The number of halogens is 2. The molecule has 162 valence electrons. The summed E-state index contributed by atoms with van der Waals surface area (Å²) in [5, 5.41) is 0.413. The Morgan fingerprint density at radius 1 is 0.906 bits per heavy atom. The minimum absolute atomic E-state index is 0.0600. The summed E-state index contributed by atoms with van der Waals surface area (Å²) < 4.78 is 42.0. The van der Waals surface area contributed by atoms with Gasteiger partial charge in [-0.3, -0.25) is 9.78 Å². The number of rotatable bonds is 4. The Morgan fingerprint density at radius 2 is 1.53 bits per heavy atom. The van der Waals surface area contributed by atoms with Gasteiger partial charge >= 0.3 is 0 Å². The van der Waals surface area contributed by atoms with Gasteiger partial charge in [0.05, 0.1) is 4.90 Å². The molecule has 2 heterocycles. The van der Waals surface area contributed by atoms with Crippen LogP contribution in [0.3, 0.4) is 0 Å². The van der Waals surface area contributed by atoms with Crippen LogP contribution in [0.1, 0.15) is 11.1 Å². The topological polar surface area (TPSA) is 67.3 Å². The Kier molecular flexibility index (Phi) is 6.32. The number of piperidine rings is 1. The molecule has 1 aromatic heterocycles. The van der Waals surface area contributed by atoms with E-state index in [4.69, 9.17) is 11.6 Å². The van der Waals surface area contributed by atoms with Crippen LogP contribution < -0.4 is 0 Å². The van der Waals surface area contributed by atoms with Gasteiger partial charge in [-0.1, -0.05) is 29.8 Å². The highest BCUT2D eigenvalue weighted by molar-refractivity contribution is 7.89. The molecule has 2 aromatic carbocycles. The fraction of sp³-hybridized carbons (Fsp3) is 0.0833. The SMILES string of the molecule is O=C1/C(=C/c2ccncc2)CN(S(=O)(=O)c2ccc(Cl)cc2)C/C1=C\c1ccccc1F. The molecule has 1 aliphatic rings. The van der Waals surface area contributed by atoms with Crippen LogP contribution in [0.5, 0.6) is 0 Å². The molecule has 0 N–H and O–H groups in total. The van der Waals surface area contributed by atoms with Gasteiger partial charge < -0.3 is 0 Å². The first-order valence-electron chi connectivity index (χ1n) is 9.71. The van der Waals surface area contributed by atoms with Crippen LogP contribution in [0.4, 0.5) is 4.39 Å². The maximum Gasteiger partial charge on any atom is 0.243 e. The molecule has 3 aromatic rings. The van der Waals surface area contributed by atoms with E-state index in [0.29, 0.717) is 10.6 Å². The number of nitrogens with zero attached hydrogens (tertiary/aromatic N) is 2. The van der Waals surface area contributed by atoms with Crippen LogP contribution in [-0.4, -0.2) is 36.6 Å². The zero-order valence-electron chi connectivity index (χ0n) is 16.8. The predicted octanol–water partition coefficient (Wildman–Crippen LogP) is 4.61. The maximum atomic E-state index is 14.2. The van der Waals surface area contributed by atoms with Gasteiger partial charge in [-0.25, -0.2) is 12.8 Å². The number of carbonyl (C=O) groups excluding carboxylic acids is 1. The molecule has 0 unspecified atom stereocenters. The van der Waals surface area contributed by atoms with Crippen LogP contribution in [0.15, 0.2) is 89.1 Å². The van der Waals surface area contributed by atoms with Crippen LogP contribution in [0.25, 0.3) is 12.2 Å². The minimum atomic E-state index is -3.93. The van der Waals surface area contributed by atoms with Gasteiger partial charge in [0.1, 0.15) is 5.82 Å². The maximum absolute atomic E-state index is 14.2. The van der Waals surface area contributed by atoms with E-state index < -0.39 is 15.8 Å². The molecule has 32 heavy (non-hydrogen) atoms. The van der Waals surface area contributed by atoms with Crippen molar-refractivity contribution in [1.82, 2.24) is 9.29 Å². The molecular formula is C24H18ClFN2O3S. The number of pyridine rings is 1. The molecule has 0 spiro atoms. The molecule has 5 nitrogen and oxygen atoms in total. The smallest absolute Gasteiger partial charge is 0.243 e. The van der Waals surface area contributed by atoms with Gasteiger partial charge in [0.25, 0.3) is 0 Å². The van der Waals surface area contributed by atoms with Gasteiger partial charge in [0.2, 0.25) is 10.0 Å². The van der Waals surface area contributed by atoms with Crippen molar-refractivity contribution in [3.05, 3.63) is 106 Å². The van der Waals surface area contributed by atoms with Crippen LogP contribution in [0, 0.1) is 5.82 Å². The first kappa shape index (κ1) is 22.1. The van der Waals surface area contributed by atoms with Crippen LogP contribution >= 0.6 is 11.6 Å². The fourth-order valence-electron chi connectivity index (χ4n) is 3.37. The molecule has 1 aliphatic heterocycles. The summed E-state index contributed by atoms with van der Waals surface area (Å²) >= 11 is 5.90. The highest BCUT2D eigenvalue weighted by Gasteiger charge is 2.34. The predicted molar refractivity (Wildman–Crippen MR) is 122 cm³/mol. The van der Waals surface area contributed by atoms with E-state index in [0.717, 1.165) is 0 Å². The standard InChI is InChI=1S/C24H18ClFN2O3S/c25-21-5-7-22(8-6-21)32(30,31)28-15-19(13-17-9-11-27-12-10-17)24(29)20(16-28)14-18-3-1-2-4-23(18)26/h1-14H,15-16H2/b19-13+,20-14+. The van der Waals surface area contributed by atoms with E-state index in [1.165, 1.54) is 46.8 Å². The fourth-order valence-corrected chi connectivity index (χ4v) is 4.90. The number of hydrogen-bond donors (Lipinski definition) is 0. The Balaban J connectivity index is 1.79. The Bertz CT molecular complexity index is 1320. The van der Waals surface area contributed by atoms with Crippen molar-refractivity contribution in [3.63, 3.8) is 0 Å². The molecule has 0 radical (unpaired) electrons. The van der Waals surface area contributed by atoms with Crippen molar-refractivity contribution >= 4 is 39.6 Å². The number of aromatic nitrogens is 1. The van der Waals surface area contributed by atoms with Crippen molar-refractivity contribution < 1.29 is 17.6 Å². The lowest BCUT2D eigenvalue weighted by atomic mass is 9.95. The molecule has 1 saturated heterocycles. The van der Waals surface area contributed by atoms with E-state index in [9.17, 15) is 17.6 Å². The zero-order valence-corrected chi connectivity index (χ0v) is 18.4. The lowest BCUT2D eigenvalue weighted by Crippen LogP contribution is -2.41. The summed E-state index contributed by atoms with van der Waals surface area (Å²) in [6.07, 6.45) is 6.19. The largest absolute Gasteiger partial charge is 0.289 e. The van der Waals surface area contributed by atoms with E-state index >= 15 is 0 Å². The third-order valence-electron chi connectivity index (χ3n) is 5.01. The first-order valence-corrected chi connectivity index (χ1v) is 11.5.